The first kappa shape index (κ1) is 18.2. The summed E-state index contributed by atoms with van der Waals surface area (Å²) in [6, 6.07) is 0. The maximum atomic E-state index is 9.87. The van der Waals surface area contributed by atoms with Gasteiger partial charge in [0, 0.05) is 26.1 Å². The Balaban J connectivity index is 2.52. The maximum absolute atomic E-state index is 9.87. The molecule has 0 spiro atoms. The highest BCUT2D eigenvalue weighted by atomic mass is 16.5. The van der Waals surface area contributed by atoms with Crippen molar-refractivity contribution in [3.05, 3.63) is 0 Å². The summed E-state index contributed by atoms with van der Waals surface area (Å²) < 4.78 is 5.54. The molecule has 124 valence electrons. The lowest BCUT2D eigenvalue weighted by Crippen LogP contribution is -2.42. The molecule has 0 aliphatic heterocycles. The Hall–Kier alpha value is -0.810. The van der Waals surface area contributed by atoms with Crippen molar-refractivity contribution in [1.82, 2.24) is 10.6 Å². The van der Waals surface area contributed by atoms with Gasteiger partial charge in [0.15, 0.2) is 5.96 Å². The Kier molecular flexibility index (Phi) is 7.46. The number of aliphatic hydroxyl groups excluding tert-OH is 1. The van der Waals surface area contributed by atoms with Crippen molar-refractivity contribution in [1.29, 1.82) is 0 Å². The molecule has 0 amide bonds. The van der Waals surface area contributed by atoms with Crippen molar-refractivity contribution >= 4 is 5.96 Å². The van der Waals surface area contributed by atoms with Gasteiger partial charge in [0.2, 0.25) is 0 Å². The lowest BCUT2D eigenvalue weighted by atomic mass is 9.89. The van der Waals surface area contributed by atoms with Crippen LogP contribution in [-0.2, 0) is 4.74 Å². The molecule has 0 bridgehead atoms. The van der Waals surface area contributed by atoms with Crippen LogP contribution < -0.4 is 10.6 Å². The molecule has 0 heterocycles. The van der Waals surface area contributed by atoms with Crippen LogP contribution in [0.15, 0.2) is 4.99 Å². The Morgan fingerprint density at radius 3 is 2.52 bits per heavy atom. The largest absolute Gasteiger partial charge is 0.393 e. The first-order valence-electron chi connectivity index (χ1n) is 8.11. The molecular formula is C16H33N3O2. The quantitative estimate of drug-likeness (QED) is 0.516. The molecule has 0 aromatic heterocycles. The van der Waals surface area contributed by atoms with Gasteiger partial charge in [-0.05, 0) is 25.2 Å². The minimum Gasteiger partial charge on any atom is -0.393 e. The Labute approximate surface area is 129 Å². The second-order valence-corrected chi connectivity index (χ2v) is 6.95. The summed E-state index contributed by atoms with van der Waals surface area (Å²) in [5.41, 5.74) is 0.0667. The zero-order valence-electron chi connectivity index (χ0n) is 14.3. The van der Waals surface area contributed by atoms with Crippen molar-refractivity contribution in [2.45, 2.75) is 59.2 Å². The molecule has 21 heavy (non-hydrogen) atoms. The molecule has 0 radical (unpaired) electrons. The van der Waals surface area contributed by atoms with Crippen LogP contribution >= 0.6 is 0 Å². The van der Waals surface area contributed by atoms with Gasteiger partial charge >= 0.3 is 0 Å². The molecule has 3 N–H and O–H groups in total. The summed E-state index contributed by atoms with van der Waals surface area (Å²) in [6.45, 7) is 10.8. The number of nitrogens with zero attached hydrogens (tertiary/aromatic N) is 1. The van der Waals surface area contributed by atoms with Gasteiger partial charge in [-0.3, -0.25) is 4.99 Å². The number of nitrogens with one attached hydrogen (secondary N) is 2. The predicted octanol–water partition coefficient (Wildman–Crippen LogP) is 1.76. The monoisotopic (exact) mass is 299 g/mol. The van der Waals surface area contributed by atoms with E-state index in [-0.39, 0.29) is 17.6 Å². The number of rotatable bonds is 6. The van der Waals surface area contributed by atoms with Crippen LogP contribution in [0.1, 0.15) is 47.0 Å². The molecule has 5 heteroatoms. The topological polar surface area (TPSA) is 65.9 Å². The molecule has 5 nitrogen and oxygen atoms in total. The van der Waals surface area contributed by atoms with E-state index in [2.05, 4.69) is 43.3 Å². The van der Waals surface area contributed by atoms with Gasteiger partial charge < -0.3 is 20.5 Å². The van der Waals surface area contributed by atoms with E-state index in [1.165, 1.54) is 0 Å². The predicted molar refractivity (Wildman–Crippen MR) is 87.6 cm³/mol. The summed E-state index contributed by atoms with van der Waals surface area (Å²) in [7, 11) is 1.74. The van der Waals surface area contributed by atoms with E-state index in [4.69, 9.17) is 4.74 Å². The van der Waals surface area contributed by atoms with E-state index in [1.807, 2.05) is 0 Å². The van der Waals surface area contributed by atoms with Gasteiger partial charge in [-0.1, -0.05) is 27.2 Å². The fourth-order valence-corrected chi connectivity index (χ4v) is 2.70. The molecule has 0 aromatic rings. The second-order valence-electron chi connectivity index (χ2n) is 6.95. The van der Waals surface area contributed by atoms with E-state index in [1.54, 1.807) is 7.11 Å². The highest BCUT2D eigenvalue weighted by Gasteiger charge is 2.26. The normalized spacial score (nSPS) is 25.0. The molecule has 1 aliphatic rings. The Morgan fingerprint density at radius 1 is 1.33 bits per heavy atom. The lowest BCUT2D eigenvalue weighted by Gasteiger charge is -2.28. The lowest BCUT2D eigenvalue weighted by molar-refractivity contribution is 0.0241. The van der Waals surface area contributed by atoms with Crippen LogP contribution in [0, 0.1) is 11.3 Å². The molecule has 1 saturated carbocycles. The van der Waals surface area contributed by atoms with E-state index in [0.29, 0.717) is 12.5 Å². The third kappa shape index (κ3) is 6.22. The van der Waals surface area contributed by atoms with E-state index in [0.717, 1.165) is 38.3 Å². The number of aliphatic imine (C=N–C) groups is 1. The SMILES string of the molecule is CCNC(=NCC(OC)C(C)(C)C)NCC1CCCC1O. The highest BCUT2D eigenvalue weighted by Crippen LogP contribution is 2.24. The molecule has 1 rings (SSSR count). The van der Waals surface area contributed by atoms with Crippen LogP contribution in [-0.4, -0.2) is 50.0 Å². The summed E-state index contributed by atoms with van der Waals surface area (Å²) >= 11 is 0. The molecule has 3 unspecified atom stereocenters. The average molecular weight is 299 g/mol. The van der Waals surface area contributed by atoms with Gasteiger partial charge in [0.1, 0.15) is 0 Å². The molecule has 1 fully saturated rings. The molecule has 0 aromatic carbocycles. The molecular weight excluding hydrogens is 266 g/mol. The first-order chi connectivity index (χ1) is 9.88. The maximum Gasteiger partial charge on any atom is 0.191 e. The fraction of sp³-hybridized carbons (Fsp3) is 0.938. The first-order valence-corrected chi connectivity index (χ1v) is 8.11. The van der Waals surface area contributed by atoms with E-state index in [9.17, 15) is 5.11 Å². The van der Waals surface area contributed by atoms with E-state index >= 15 is 0 Å². The van der Waals surface area contributed by atoms with Crippen molar-refractivity contribution in [3.8, 4) is 0 Å². The van der Waals surface area contributed by atoms with Gasteiger partial charge in [0.25, 0.3) is 0 Å². The minimum atomic E-state index is -0.165. The van der Waals surface area contributed by atoms with Crippen molar-refractivity contribution < 1.29 is 9.84 Å². The third-order valence-corrected chi connectivity index (χ3v) is 4.16. The Bertz CT molecular complexity index is 326. The second kappa shape index (κ2) is 8.59. The summed E-state index contributed by atoms with van der Waals surface area (Å²) in [5, 5.41) is 16.5. The Morgan fingerprint density at radius 2 is 2.05 bits per heavy atom. The van der Waals surface area contributed by atoms with Crippen molar-refractivity contribution in [2.75, 3.05) is 26.7 Å². The van der Waals surface area contributed by atoms with Crippen LogP contribution in [0.25, 0.3) is 0 Å². The fourth-order valence-electron chi connectivity index (χ4n) is 2.70. The number of aliphatic hydroxyl groups is 1. The zero-order chi connectivity index (χ0) is 15.9. The molecule has 3 atom stereocenters. The minimum absolute atomic E-state index is 0.0667. The average Bonchev–Trinajstić information content (AvgIpc) is 2.80. The van der Waals surface area contributed by atoms with Crippen molar-refractivity contribution in [3.63, 3.8) is 0 Å². The van der Waals surface area contributed by atoms with Gasteiger partial charge in [-0.2, -0.15) is 0 Å². The van der Waals surface area contributed by atoms with Crippen LogP contribution in [0.4, 0.5) is 0 Å². The number of ether oxygens (including phenoxy) is 1. The van der Waals surface area contributed by atoms with Gasteiger partial charge in [-0.15, -0.1) is 0 Å². The van der Waals surface area contributed by atoms with Crippen LogP contribution in [0.3, 0.4) is 0 Å². The van der Waals surface area contributed by atoms with E-state index < -0.39 is 0 Å². The molecule has 1 aliphatic carbocycles. The number of hydrogen-bond acceptors (Lipinski definition) is 3. The number of methoxy groups -OCH3 is 1. The van der Waals surface area contributed by atoms with Crippen LogP contribution in [0.2, 0.25) is 0 Å². The van der Waals surface area contributed by atoms with Gasteiger partial charge in [-0.25, -0.2) is 0 Å². The van der Waals surface area contributed by atoms with Gasteiger partial charge in [0.05, 0.1) is 18.8 Å². The third-order valence-electron chi connectivity index (χ3n) is 4.16. The highest BCUT2D eigenvalue weighted by molar-refractivity contribution is 5.79. The summed E-state index contributed by atoms with van der Waals surface area (Å²) in [4.78, 5) is 4.62. The smallest absolute Gasteiger partial charge is 0.191 e. The number of guanidine groups is 1. The summed E-state index contributed by atoms with van der Waals surface area (Å²) in [6.07, 6.45) is 3.06. The number of hydrogen-bond donors (Lipinski definition) is 3. The summed E-state index contributed by atoms with van der Waals surface area (Å²) in [5.74, 6) is 1.15. The van der Waals surface area contributed by atoms with Crippen LogP contribution in [0.5, 0.6) is 0 Å². The zero-order valence-corrected chi connectivity index (χ0v) is 14.3. The molecule has 0 saturated heterocycles. The standard InChI is InChI=1S/C16H33N3O2/c1-6-17-15(18-10-12-8-7-9-13(12)20)19-11-14(21-5)16(2,3)4/h12-14,20H,6-11H2,1-5H3,(H2,17,18,19). The van der Waals surface area contributed by atoms with Crippen molar-refractivity contribution in [2.24, 2.45) is 16.3 Å².